The number of aromatic nitrogens is 1. The van der Waals surface area contributed by atoms with E-state index in [-0.39, 0.29) is 12.0 Å². The fourth-order valence-corrected chi connectivity index (χ4v) is 11.9. The van der Waals surface area contributed by atoms with E-state index in [4.69, 9.17) is 9.98 Å². The van der Waals surface area contributed by atoms with Gasteiger partial charge in [0, 0.05) is 39.2 Å². The third-order valence-corrected chi connectivity index (χ3v) is 15.2. The molecule has 2 unspecified atom stereocenters. The zero-order chi connectivity index (χ0) is 49.0. The smallest absolute Gasteiger partial charge is 0.221 e. The van der Waals surface area contributed by atoms with Gasteiger partial charge in [-0.25, -0.2) is 9.98 Å². The first-order chi connectivity index (χ1) is 36.7. The summed E-state index contributed by atoms with van der Waals surface area (Å²) in [5.74, 6) is 1.58. The number of nitrogens with zero attached hydrogens (tertiary/aromatic N) is 4. The van der Waals surface area contributed by atoms with Gasteiger partial charge in [-0.1, -0.05) is 225 Å². The second-order valence-corrected chi connectivity index (χ2v) is 19.6. The lowest BCUT2D eigenvalue weighted by Gasteiger charge is -2.37. The number of rotatable bonds is 9. The van der Waals surface area contributed by atoms with Gasteiger partial charge in [-0.15, -0.1) is 0 Å². The number of benzene rings is 9. The predicted octanol–water partition coefficient (Wildman–Crippen LogP) is 16.5. The molecule has 1 aromatic heterocycles. The molecule has 0 radical (unpaired) electrons. The first-order valence-electron chi connectivity index (χ1n) is 25.8. The van der Waals surface area contributed by atoms with Gasteiger partial charge >= 0.3 is 0 Å². The van der Waals surface area contributed by atoms with Crippen molar-refractivity contribution >= 4 is 39.9 Å². The lowest BCUT2D eigenvalue weighted by Crippen LogP contribution is -2.45. The van der Waals surface area contributed by atoms with E-state index in [1.165, 1.54) is 61.1 Å². The summed E-state index contributed by atoms with van der Waals surface area (Å²) in [6, 6.07) is 83.0. The number of anilines is 1. The average Bonchev–Trinajstić information content (AvgIpc) is 4.05. The van der Waals surface area contributed by atoms with Gasteiger partial charge in [-0.05, 0) is 105 Å². The summed E-state index contributed by atoms with van der Waals surface area (Å²) in [6.45, 7) is 0. The Labute approximate surface area is 432 Å². The first kappa shape index (κ1) is 43.5. The van der Waals surface area contributed by atoms with Gasteiger partial charge in [-0.3, -0.25) is 0 Å². The van der Waals surface area contributed by atoms with E-state index in [9.17, 15) is 0 Å². The fraction of sp³-hybridized carbons (Fsp3) is 0.0725. The second kappa shape index (κ2) is 18.4. The van der Waals surface area contributed by atoms with E-state index in [0.29, 0.717) is 0 Å². The van der Waals surface area contributed by atoms with Crippen LogP contribution >= 0.6 is 0 Å². The molecule has 0 spiro atoms. The number of hydrogen-bond acceptors (Lipinski definition) is 4. The Morgan fingerprint density at radius 3 is 1.61 bits per heavy atom. The van der Waals surface area contributed by atoms with Crippen molar-refractivity contribution in [1.82, 2.24) is 9.88 Å². The second-order valence-electron chi connectivity index (χ2n) is 19.6. The molecular weight excluding hydrogens is 899 g/mol. The van der Waals surface area contributed by atoms with Crippen LogP contribution in [0.3, 0.4) is 0 Å². The zero-order valence-electron chi connectivity index (χ0n) is 40.8. The summed E-state index contributed by atoms with van der Waals surface area (Å²) >= 11 is 0. The van der Waals surface area contributed by atoms with E-state index >= 15 is 0 Å². The van der Waals surface area contributed by atoms with Crippen LogP contribution in [0.2, 0.25) is 0 Å². The third kappa shape index (κ3) is 7.55. The quantitative estimate of drug-likeness (QED) is 0.157. The number of allylic oxidation sites excluding steroid dienone is 4. The van der Waals surface area contributed by atoms with Gasteiger partial charge in [0.15, 0.2) is 0 Å². The number of aliphatic imine (C=N–C) groups is 2. The molecule has 0 saturated carbocycles. The molecule has 74 heavy (non-hydrogen) atoms. The van der Waals surface area contributed by atoms with Crippen LogP contribution in [0, 0.1) is 0 Å². The largest absolute Gasteiger partial charge is 0.324 e. The van der Waals surface area contributed by atoms with E-state index < -0.39 is 6.29 Å². The molecule has 2 atom stereocenters. The lowest BCUT2D eigenvalue weighted by atomic mass is 9.85. The molecular formula is C69H51N5. The van der Waals surface area contributed by atoms with E-state index in [0.717, 1.165) is 69.3 Å². The summed E-state index contributed by atoms with van der Waals surface area (Å²) in [5, 5.41) is 5.01. The highest BCUT2D eigenvalue weighted by molar-refractivity contribution is 6.16. The topological polar surface area (TPSA) is 44.9 Å². The van der Waals surface area contributed by atoms with Crippen molar-refractivity contribution in [2.45, 2.75) is 31.1 Å². The van der Waals surface area contributed by atoms with Crippen molar-refractivity contribution in [3.05, 3.63) is 288 Å². The van der Waals surface area contributed by atoms with E-state index in [2.05, 4.69) is 276 Å². The van der Waals surface area contributed by atoms with Crippen molar-refractivity contribution in [2.24, 2.45) is 9.98 Å². The Balaban J connectivity index is 0.988. The highest BCUT2D eigenvalue weighted by Gasteiger charge is 2.47. The lowest BCUT2D eigenvalue weighted by molar-refractivity contribution is 0.517. The highest BCUT2D eigenvalue weighted by atomic mass is 15.4. The molecule has 5 heteroatoms. The van der Waals surface area contributed by atoms with Crippen LogP contribution in [0.25, 0.3) is 72.7 Å². The third-order valence-electron chi connectivity index (χ3n) is 15.2. The monoisotopic (exact) mass is 949 g/mol. The van der Waals surface area contributed by atoms with E-state index in [1.807, 2.05) is 0 Å². The molecule has 1 N–H and O–H groups in total. The van der Waals surface area contributed by atoms with E-state index in [1.54, 1.807) is 0 Å². The summed E-state index contributed by atoms with van der Waals surface area (Å²) in [7, 11) is 0. The predicted molar refractivity (Wildman–Crippen MR) is 308 cm³/mol. The Morgan fingerprint density at radius 1 is 0.446 bits per heavy atom. The molecule has 14 rings (SSSR count). The van der Waals surface area contributed by atoms with Crippen LogP contribution in [-0.4, -0.2) is 22.5 Å². The van der Waals surface area contributed by atoms with Crippen molar-refractivity contribution in [2.75, 3.05) is 4.90 Å². The van der Waals surface area contributed by atoms with Gasteiger partial charge in [0.25, 0.3) is 0 Å². The maximum absolute atomic E-state index is 5.71. The van der Waals surface area contributed by atoms with Gasteiger partial charge in [0.2, 0.25) is 6.29 Å². The minimum atomic E-state index is -0.625. The number of amidine groups is 2. The molecule has 4 aliphatic rings. The van der Waals surface area contributed by atoms with Gasteiger partial charge in [0.1, 0.15) is 11.7 Å². The Hall–Kier alpha value is -9.32. The van der Waals surface area contributed by atoms with Gasteiger partial charge in [0.05, 0.1) is 22.9 Å². The maximum Gasteiger partial charge on any atom is 0.221 e. The highest BCUT2D eigenvalue weighted by Crippen LogP contribution is 2.56. The van der Waals surface area contributed by atoms with Crippen LogP contribution in [0.4, 0.5) is 5.69 Å². The number of fused-ring (bicyclic) bond motifs is 7. The van der Waals surface area contributed by atoms with Gasteiger partial charge in [-0.2, -0.15) is 0 Å². The zero-order valence-corrected chi connectivity index (χ0v) is 40.8. The summed E-state index contributed by atoms with van der Waals surface area (Å²) in [6.07, 6.45) is 13.3. The SMILES string of the molecule is C1=CC(c2c(-c3cccc(-c4ccccc4)c3)cccc2-n2c3c(c4ccccc42)C=CC2c4ccccc4N(C4N=C(c5cccc(-c6ccccc6)c5)NC(c5cccc(-c6ccccc6)c5)=N4)C32)=CCC1. The standard InChI is InChI=1S/C69H51N5/c1-5-21-46(22-6-1)50-29-17-32-53(43-50)56-37-20-40-63(64(56)49-27-11-4-12-28-49)73-61-38-15-13-35-57(61)59-41-42-60-58-36-14-16-39-62(58)74(66(60)65(59)73)69-71-67(54-33-18-30-51(44-54)47-23-7-2-8-24-47)70-68(72-69)55-34-19-31-52(45-55)48-25-9-3-10-26-48/h1-3,5-11,13-45,60,66,69H,4,12H2,(H,70,71,72). The molecule has 3 heterocycles. The van der Waals surface area contributed by atoms with Crippen LogP contribution in [-0.2, 0) is 0 Å². The molecule has 352 valence electrons. The van der Waals surface area contributed by atoms with Crippen LogP contribution in [0.5, 0.6) is 0 Å². The number of nitrogens with one attached hydrogen (secondary N) is 1. The van der Waals surface area contributed by atoms with Gasteiger partial charge < -0.3 is 14.8 Å². The first-order valence-corrected chi connectivity index (χ1v) is 25.8. The molecule has 10 aromatic rings. The summed E-state index contributed by atoms with van der Waals surface area (Å²) < 4.78 is 2.59. The fourth-order valence-electron chi connectivity index (χ4n) is 11.9. The average molecular weight is 950 g/mol. The molecule has 5 nitrogen and oxygen atoms in total. The molecule has 0 bridgehead atoms. The van der Waals surface area contributed by atoms with Crippen molar-refractivity contribution in [1.29, 1.82) is 0 Å². The minimum absolute atomic E-state index is 0.0275. The maximum atomic E-state index is 5.71. The summed E-state index contributed by atoms with van der Waals surface area (Å²) in [5.41, 5.74) is 21.0. The van der Waals surface area contributed by atoms with Crippen LogP contribution < -0.4 is 10.2 Å². The summed E-state index contributed by atoms with van der Waals surface area (Å²) in [4.78, 5) is 14.0. The molecule has 0 amide bonds. The van der Waals surface area contributed by atoms with Crippen molar-refractivity contribution < 1.29 is 0 Å². The molecule has 2 aliphatic heterocycles. The Kier molecular flexibility index (Phi) is 10.8. The Bertz CT molecular complexity index is 3850. The molecule has 0 saturated heterocycles. The number of hydrogen-bond donors (Lipinski definition) is 1. The van der Waals surface area contributed by atoms with Crippen molar-refractivity contribution in [3.63, 3.8) is 0 Å². The normalized spacial score (nSPS) is 16.7. The molecule has 0 fully saturated rings. The Morgan fingerprint density at radius 2 is 0.973 bits per heavy atom. The van der Waals surface area contributed by atoms with Crippen LogP contribution in [0.1, 0.15) is 58.3 Å². The molecule has 9 aromatic carbocycles. The van der Waals surface area contributed by atoms with Crippen LogP contribution in [0.15, 0.2) is 265 Å². The minimum Gasteiger partial charge on any atom is -0.324 e. The van der Waals surface area contributed by atoms with Crippen molar-refractivity contribution in [3.8, 4) is 50.2 Å². The molecule has 2 aliphatic carbocycles. The number of para-hydroxylation sites is 2.